The summed E-state index contributed by atoms with van der Waals surface area (Å²) in [6.45, 7) is 0.882. The van der Waals surface area contributed by atoms with Crippen LogP contribution in [0.4, 0.5) is 4.79 Å². The number of carboxylic acid groups (broad SMARTS) is 1. The summed E-state index contributed by atoms with van der Waals surface area (Å²) in [5.41, 5.74) is 0.796. The van der Waals surface area contributed by atoms with E-state index < -0.39 is 12.0 Å². The minimum absolute atomic E-state index is 0.116. The van der Waals surface area contributed by atoms with Gasteiger partial charge >= 0.3 is 12.0 Å². The van der Waals surface area contributed by atoms with Crippen LogP contribution in [-0.2, 0) is 11.3 Å². The number of rotatable bonds is 3. The van der Waals surface area contributed by atoms with E-state index in [1.54, 1.807) is 12.5 Å². The van der Waals surface area contributed by atoms with Gasteiger partial charge < -0.3 is 20.3 Å². The van der Waals surface area contributed by atoms with Crippen molar-refractivity contribution in [3.05, 3.63) is 18.2 Å². The molecule has 0 spiro atoms. The van der Waals surface area contributed by atoms with E-state index >= 15 is 0 Å². The lowest BCUT2D eigenvalue weighted by Crippen LogP contribution is -2.47. The normalized spacial score (nSPS) is 28.4. The second kappa shape index (κ2) is 5.15. The van der Waals surface area contributed by atoms with Crippen molar-refractivity contribution in [2.24, 2.45) is 11.8 Å². The second-order valence-corrected chi connectivity index (χ2v) is 5.53. The van der Waals surface area contributed by atoms with Crippen molar-refractivity contribution in [1.29, 1.82) is 0 Å². The Kier molecular flexibility index (Phi) is 3.33. The van der Waals surface area contributed by atoms with Crippen LogP contribution in [0.25, 0.3) is 0 Å². The van der Waals surface area contributed by atoms with E-state index in [2.05, 4.69) is 15.3 Å². The van der Waals surface area contributed by atoms with Crippen LogP contribution in [-0.4, -0.2) is 44.6 Å². The fourth-order valence-corrected chi connectivity index (χ4v) is 3.48. The molecule has 1 saturated heterocycles. The van der Waals surface area contributed by atoms with Crippen molar-refractivity contribution in [2.45, 2.75) is 31.8 Å². The van der Waals surface area contributed by atoms with Crippen LogP contribution in [0, 0.1) is 11.8 Å². The van der Waals surface area contributed by atoms with Gasteiger partial charge in [-0.2, -0.15) is 0 Å². The fourth-order valence-electron chi connectivity index (χ4n) is 3.48. The minimum atomic E-state index is -0.893. The number of fused-ring (bicyclic) bond motifs is 1. The van der Waals surface area contributed by atoms with Crippen molar-refractivity contribution >= 4 is 12.0 Å². The van der Waals surface area contributed by atoms with Gasteiger partial charge in [0.25, 0.3) is 0 Å². The van der Waals surface area contributed by atoms with Crippen LogP contribution < -0.4 is 5.32 Å². The summed E-state index contributed by atoms with van der Waals surface area (Å²) >= 11 is 0. The Morgan fingerprint density at radius 3 is 3.05 bits per heavy atom. The molecule has 0 radical (unpaired) electrons. The zero-order valence-electron chi connectivity index (χ0n) is 11.1. The lowest BCUT2D eigenvalue weighted by atomic mass is 9.94. The lowest BCUT2D eigenvalue weighted by molar-refractivity contribution is -0.142. The van der Waals surface area contributed by atoms with Gasteiger partial charge in [0.05, 0.1) is 18.6 Å². The second-order valence-electron chi connectivity index (χ2n) is 5.53. The standard InChI is InChI=1S/C13H18N4O3/c18-12(19)11-10-3-1-2-8(10)6-17(11)13(20)15-5-9-4-14-7-16-9/h4,7-8,10-11H,1-3,5-6H2,(H,14,16)(H,15,20)(H,18,19). The average Bonchev–Trinajstić information content (AvgIpc) is 3.10. The molecule has 1 aromatic heterocycles. The molecule has 1 aliphatic heterocycles. The molecule has 108 valence electrons. The smallest absolute Gasteiger partial charge is 0.326 e. The number of hydrogen-bond acceptors (Lipinski definition) is 3. The van der Waals surface area contributed by atoms with E-state index in [1.165, 1.54) is 4.90 Å². The number of urea groups is 1. The van der Waals surface area contributed by atoms with E-state index in [9.17, 15) is 14.7 Å². The number of carboxylic acids is 1. The molecular weight excluding hydrogens is 260 g/mol. The molecule has 3 N–H and O–H groups in total. The third-order valence-electron chi connectivity index (χ3n) is 4.39. The summed E-state index contributed by atoms with van der Waals surface area (Å²) in [4.78, 5) is 31.9. The van der Waals surface area contributed by atoms with Gasteiger partial charge in [0.15, 0.2) is 0 Å². The first-order valence-electron chi connectivity index (χ1n) is 6.91. The Morgan fingerprint density at radius 2 is 2.35 bits per heavy atom. The number of carbonyl (C=O) groups excluding carboxylic acids is 1. The molecule has 3 atom stereocenters. The number of amides is 2. The molecule has 1 aromatic rings. The molecule has 2 heterocycles. The molecule has 1 saturated carbocycles. The number of hydrogen-bond donors (Lipinski definition) is 3. The molecular formula is C13H18N4O3. The Balaban J connectivity index is 1.65. The molecule has 0 aromatic carbocycles. The van der Waals surface area contributed by atoms with Gasteiger partial charge in [-0.15, -0.1) is 0 Å². The van der Waals surface area contributed by atoms with Crippen LogP contribution in [0.2, 0.25) is 0 Å². The third-order valence-corrected chi connectivity index (χ3v) is 4.39. The summed E-state index contributed by atoms with van der Waals surface area (Å²) < 4.78 is 0. The summed E-state index contributed by atoms with van der Waals surface area (Å²) in [5.74, 6) is -0.435. The minimum Gasteiger partial charge on any atom is -0.480 e. The Bertz CT molecular complexity index is 502. The number of H-pyrrole nitrogens is 1. The highest BCUT2D eigenvalue weighted by molar-refractivity contribution is 5.83. The largest absolute Gasteiger partial charge is 0.480 e. The number of likely N-dealkylation sites (tertiary alicyclic amines) is 1. The van der Waals surface area contributed by atoms with Gasteiger partial charge in [0, 0.05) is 12.7 Å². The van der Waals surface area contributed by atoms with Gasteiger partial charge in [-0.05, 0) is 24.7 Å². The monoisotopic (exact) mass is 278 g/mol. The van der Waals surface area contributed by atoms with Gasteiger partial charge in [0.2, 0.25) is 0 Å². The summed E-state index contributed by atoms with van der Waals surface area (Å²) in [5, 5.41) is 12.1. The predicted octanol–water partition coefficient (Wildman–Crippen LogP) is 0.804. The van der Waals surface area contributed by atoms with E-state index in [4.69, 9.17) is 0 Å². The Hall–Kier alpha value is -2.05. The predicted molar refractivity (Wildman–Crippen MR) is 69.8 cm³/mol. The van der Waals surface area contributed by atoms with Crippen LogP contribution >= 0.6 is 0 Å². The maximum Gasteiger partial charge on any atom is 0.326 e. The summed E-state index contributed by atoms with van der Waals surface area (Å²) in [6, 6.07) is -0.981. The number of aromatic amines is 1. The third kappa shape index (κ3) is 2.23. The maximum atomic E-state index is 12.2. The van der Waals surface area contributed by atoms with E-state index in [1.807, 2.05) is 0 Å². The van der Waals surface area contributed by atoms with Crippen molar-refractivity contribution in [3.63, 3.8) is 0 Å². The van der Waals surface area contributed by atoms with Crippen molar-refractivity contribution < 1.29 is 14.7 Å². The first-order chi connectivity index (χ1) is 9.66. The van der Waals surface area contributed by atoms with Gasteiger partial charge in [-0.3, -0.25) is 0 Å². The molecule has 2 aliphatic rings. The number of nitrogens with zero attached hydrogens (tertiary/aromatic N) is 2. The lowest BCUT2D eigenvalue weighted by Gasteiger charge is -2.24. The molecule has 1 aliphatic carbocycles. The number of aliphatic carboxylic acids is 1. The van der Waals surface area contributed by atoms with Crippen LogP contribution in [0.5, 0.6) is 0 Å². The van der Waals surface area contributed by atoms with Crippen LogP contribution in [0.1, 0.15) is 25.0 Å². The quantitative estimate of drug-likeness (QED) is 0.761. The highest BCUT2D eigenvalue weighted by Gasteiger charge is 2.49. The van der Waals surface area contributed by atoms with Gasteiger partial charge in [-0.25, -0.2) is 14.6 Å². The van der Waals surface area contributed by atoms with Gasteiger partial charge in [0.1, 0.15) is 6.04 Å². The van der Waals surface area contributed by atoms with E-state index in [0.29, 0.717) is 19.0 Å². The maximum absolute atomic E-state index is 12.2. The first-order valence-corrected chi connectivity index (χ1v) is 6.91. The number of carbonyl (C=O) groups is 2. The number of aromatic nitrogens is 2. The zero-order valence-corrected chi connectivity index (χ0v) is 11.1. The highest BCUT2D eigenvalue weighted by atomic mass is 16.4. The molecule has 3 unspecified atom stereocenters. The fraction of sp³-hybridized carbons (Fsp3) is 0.615. The first kappa shape index (κ1) is 13.0. The zero-order chi connectivity index (χ0) is 14.1. The van der Waals surface area contributed by atoms with Crippen LogP contribution in [0.15, 0.2) is 12.5 Å². The summed E-state index contributed by atoms with van der Waals surface area (Å²) in [6.07, 6.45) is 6.18. The molecule has 3 rings (SSSR count). The van der Waals surface area contributed by atoms with E-state index in [-0.39, 0.29) is 11.9 Å². The average molecular weight is 278 g/mol. The van der Waals surface area contributed by atoms with Crippen molar-refractivity contribution in [1.82, 2.24) is 20.2 Å². The topological polar surface area (TPSA) is 98.3 Å². The molecule has 20 heavy (non-hydrogen) atoms. The molecule has 0 bridgehead atoms. The SMILES string of the molecule is O=C(O)C1C2CCCC2CN1C(=O)NCc1cnc[nH]1. The summed E-state index contributed by atoms with van der Waals surface area (Å²) in [7, 11) is 0. The molecule has 2 fully saturated rings. The Morgan fingerprint density at radius 1 is 1.50 bits per heavy atom. The Labute approximate surface area is 116 Å². The number of nitrogens with one attached hydrogen (secondary N) is 2. The number of imidazole rings is 1. The van der Waals surface area contributed by atoms with Crippen LogP contribution in [0.3, 0.4) is 0 Å². The van der Waals surface area contributed by atoms with E-state index in [0.717, 1.165) is 25.0 Å². The van der Waals surface area contributed by atoms with Crippen molar-refractivity contribution in [3.8, 4) is 0 Å². The highest BCUT2D eigenvalue weighted by Crippen LogP contribution is 2.42. The molecule has 7 nitrogen and oxygen atoms in total. The van der Waals surface area contributed by atoms with Crippen molar-refractivity contribution in [2.75, 3.05) is 6.54 Å². The molecule has 2 amide bonds. The van der Waals surface area contributed by atoms with Gasteiger partial charge in [-0.1, -0.05) is 6.42 Å². The molecule has 7 heteroatoms.